The standard InChI is InChI=1S/C15H17F13N2O2/c1-29(2-3-30-4-6-32-7-5-30)9(31)12(20,21)14(24,25)13(22,23)10(16,17)8-11(18,19)15(26,27)28/h2-8H2,1H3. The molecule has 1 rings (SSSR count). The number of hydrogen-bond donors (Lipinski definition) is 0. The zero-order chi connectivity index (χ0) is 25.4. The van der Waals surface area contributed by atoms with Gasteiger partial charge in [-0.15, -0.1) is 0 Å². The minimum absolute atomic E-state index is 0.179. The monoisotopic (exact) mass is 504 g/mol. The number of morpholine rings is 1. The predicted octanol–water partition coefficient (Wildman–Crippen LogP) is 3.91. The van der Waals surface area contributed by atoms with Crippen molar-refractivity contribution in [2.75, 3.05) is 46.4 Å². The fraction of sp³-hybridized carbons (Fsp3) is 0.933. The lowest BCUT2D eigenvalue weighted by Gasteiger charge is -2.38. The molecule has 0 spiro atoms. The molecule has 0 bridgehead atoms. The van der Waals surface area contributed by atoms with Gasteiger partial charge < -0.3 is 9.64 Å². The molecule has 0 aromatic rings. The van der Waals surface area contributed by atoms with Gasteiger partial charge in [-0.3, -0.25) is 9.69 Å². The highest BCUT2D eigenvalue weighted by Crippen LogP contribution is 2.56. The van der Waals surface area contributed by atoms with Crippen molar-refractivity contribution in [1.82, 2.24) is 9.80 Å². The van der Waals surface area contributed by atoms with E-state index in [4.69, 9.17) is 4.74 Å². The summed E-state index contributed by atoms with van der Waals surface area (Å²) in [6.07, 6.45) is -11.1. The van der Waals surface area contributed by atoms with Crippen LogP contribution in [-0.4, -0.2) is 97.9 Å². The summed E-state index contributed by atoms with van der Waals surface area (Å²) in [4.78, 5) is 13.0. The van der Waals surface area contributed by atoms with Crippen LogP contribution in [0.1, 0.15) is 6.42 Å². The highest BCUT2D eigenvalue weighted by molar-refractivity contribution is 5.84. The van der Waals surface area contributed by atoms with Crippen LogP contribution in [0.2, 0.25) is 0 Å². The number of carbonyl (C=O) groups excluding carboxylic acids is 1. The van der Waals surface area contributed by atoms with Gasteiger partial charge in [-0.2, -0.15) is 57.1 Å². The molecular weight excluding hydrogens is 487 g/mol. The zero-order valence-electron chi connectivity index (χ0n) is 16.1. The second kappa shape index (κ2) is 9.02. The van der Waals surface area contributed by atoms with Crippen LogP contribution in [0.4, 0.5) is 57.1 Å². The molecule has 0 saturated carbocycles. The van der Waals surface area contributed by atoms with Crippen LogP contribution in [-0.2, 0) is 9.53 Å². The molecule has 1 aliphatic heterocycles. The highest BCUT2D eigenvalue weighted by atomic mass is 19.4. The van der Waals surface area contributed by atoms with Gasteiger partial charge in [-0.1, -0.05) is 0 Å². The molecule has 190 valence electrons. The number of carbonyl (C=O) groups is 1. The molecule has 32 heavy (non-hydrogen) atoms. The maximum atomic E-state index is 13.9. The van der Waals surface area contributed by atoms with Crippen molar-refractivity contribution >= 4 is 5.91 Å². The third-order valence-corrected chi connectivity index (χ3v) is 4.58. The van der Waals surface area contributed by atoms with Gasteiger partial charge in [0.25, 0.3) is 5.91 Å². The number of alkyl halides is 13. The molecule has 0 aliphatic carbocycles. The van der Waals surface area contributed by atoms with E-state index in [9.17, 15) is 61.9 Å². The van der Waals surface area contributed by atoms with Crippen LogP contribution in [0.5, 0.6) is 0 Å². The van der Waals surface area contributed by atoms with Crippen molar-refractivity contribution in [3.05, 3.63) is 0 Å². The molecule has 1 fully saturated rings. The molecule has 1 aliphatic rings. The lowest BCUT2D eigenvalue weighted by atomic mass is 9.93. The number of nitrogens with zero attached hydrogens (tertiary/aromatic N) is 2. The summed E-state index contributed by atoms with van der Waals surface area (Å²) >= 11 is 0. The van der Waals surface area contributed by atoms with Gasteiger partial charge in [0.1, 0.15) is 0 Å². The predicted molar refractivity (Wildman–Crippen MR) is 80.3 cm³/mol. The second-order valence-corrected chi connectivity index (χ2v) is 6.99. The second-order valence-electron chi connectivity index (χ2n) is 6.99. The van der Waals surface area contributed by atoms with Crippen molar-refractivity contribution in [1.29, 1.82) is 0 Å². The first kappa shape index (κ1) is 28.5. The average Bonchev–Trinajstić information content (AvgIpc) is 2.64. The molecule has 1 amide bonds. The first-order valence-electron chi connectivity index (χ1n) is 8.63. The SMILES string of the molecule is CN(CCN1CCOCC1)C(=O)C(F)(F)C(F)(F)C(F)(F)C(F)(F)CC(F)(F)C(F)(F)F. The van der Waals surface area contributed by atoms with E-state index < -0.39 is 54.7 Å². The van der Waals surface area contributed by atoms with Gasteiger partial charge in [0.2, 0.25) is 0 Å². The largest absolute Gasteiger partial charge is 0.453 e. The lowest BCUT2D eigenvalue weighted by Crippen LogP contribution is -2.67. The molecule has 17 heteroatoms. The van der Waals surface area contributed by atoms with Crippen LogP contribution < -0.4 is 0 Å². The molecule has 0 aromatic heterocycles. The molecular formula is C15H17F13N2O2. The minimum atomic E-state index is -7.46. The molecule has 1 saturated heterocycles. The van der Waals surface area contributed by atoms with E-state index in [0.29, 0.717) is 7.05 Å². The summed E-state index contributed by atoms with van der Waals surface area (Å²) in [5.74, 6) is -38.0. The van der Waals surface area contributed by atoms with Gasteiger partial charge in [-0.25, -0.2) is 0 Å². The third kappa shape index (κ3) is 5.34. The number of halogens is 13. The summed E-state index contributed by atoms with van der Waals surface area (Å²) in [5.41, 5.74) is 0. The van der Waals surface area contributed by atoms with Crippen LogP contribution in [0, 0.1) is 0 Å². The van der Waals surface area contributed by atoms with E-state index in [-0.39, 0.29) is 37.7 Å². The van der Waals surface area contributed by atoms with Crippen molar-refractivity contribution in [2.45, 2.75) is 42.2 Å². The Hall–Kier alpha value is -1.52. The molecule has 0 aromatic carbocycles. The smallest absolute Gasteiger partial charge is 0.379 e. The quantitative estimate of drug-likeness (QED) is 0.447. The molecule has 0 radical (unpaired) electrons. The van der Waals surface area contributed by atoms with Gasteiger partial charge in [0.05, 0.1) is 19.6 Å². The van der Waals surface area contributed by atoms with Crippen LogP contribution >= 0.6 is 0 Å². The van der Waals surface area contributed by atoms with E-state index in [2.05, 4.69) is 0 Å². The minimum Gasteiger partial charge on any atom is -0.379 e. The molecule has 4 nitrogen and oxygen atoms in total. The van der Waals surface area contributed by atoms with E-state index in [1.807, 2.05) is 0 Å². The maximum absolute atomic E-state index is 13.9. The topological polar surface area (TPSA) is 32.8 Å². The first-order valence-corrected chi connectivity index (χ1v) is 8.63. The number of amides is 1. The van der Waals surface area contributed by atoms with Crippen LogP contribution in [0.25, 0.3) is 0 Å². The molecule has 0 atom stereocenters. The van der Waals surface area contributed by atoms with Crippen LogP contribution in [0.3, 0.4) is 0 Å². The summed E-state index contributed by atoms with van der Waals surface area (Å²) < 4.78 is 176. The highest BCUT2D eigenvalue weighted by Gasteiger charge is 2.84. The van der Waals surface area contributed by atoms with E-state index in [1.54, 1.807) is 0 Å². The number of likely N-dealkylation sites (N-methyl/N-ethyl adjacent to an activating group) is 1. The normalized spacial score (nSPS) is 18.1. The average molecular weight is 504 g/mol. The van der Waals surface area contributed by atoms with Crippen molar-refractivity contribution in [3.63, 3.8) is 0 Å². The maximum Gasteiger partial charge on any atom is 0.453 e. The number of rotatable bonds is 9. The Bertz CT molecular complexity index is 660. The Morgan fingerprint density at radius 2 is 1.28 bits per heavy atom. The summed E-state index contributed by atoms with van der Waals surface area (Å²) in [7, 11) is 0.459. The summed E-state index contributed by atoms with van der Waals surface area (Å²) in [5, 5.41) is 0. The van der Waals surface area contributed by atoms with Crippen molar-refractivity contribution in [3.8, 4) is 0 Å². The lowest BCUT2D eigenvalue weighted by molar-refractivity contribution is -0.378. The first-order chi connectivity index (χ1) is 14.1. The Kier molecular flexibility index (Phi) is 8.04. The van der Waals surface area contributed by atoms with Crippen molar-refractivity contribution in [2.24, 2.45) is 0 Å². The summed E-state index contributed by atoms with van der Waals surface area (Å²) in [6, 6.07) is 0. The molecule has 0 unspecified atom stereocenters. The number of hydrogen-bond acceptors (Lipinski definition) is 3. The Morgan fingerprint density at radius 3 is 1.72 bits per heavy atom. The Balaban J connectivity index is 3.07. The van der Waals surface area contributed by atoms with Gasteiger partial charge in [0, 0.05) is 33.2 Å². The third-order valence-electron chi connectivity index (χ3n) is 4.58. The number of ether oxygens (including phenoxy) is 1. The zero-order valence-corrected chi connectivity index (χ0v) is 16.1. The Labute approximate surface area is 172 Å². The summed E-state index contributed by atoms with van der Waals surface area (Å²) in [6.45, 7) is -0.0830. The van der Waals surface area contributed by atoms with Gasteiger partial charge in [0.15, 0.2) is 0 Å². The fourth-order valence-corrected chi connectivity index (χ4v) is 2.51. The fourth-order valence-electron chi connectivity index (χ4n) is 2.51. The van der Waals surface area contributed by atoms with E-state index in [1.165, 1.54) is 4.90 Å². The van der Waals surface area contributed by atoms with Crippen molar-refractivity contribution < 1.29 is 66.6 Å². The van der Waals surface area contributed by atoms with E-state index in [0.717, 1.165) is 0 Å². The van der Waals surface area contributed by atoms with E-state index >= 15 is 0 Å². The molecule has 0 N–H and O–H groups in total. The Morgan fingerprint density at radius 1 is 0.812 bits per heavy atom. The van der Waals surface area contributed by atoms with Crippen LogP contribution in [0.15, 0.2) is 0 Å². The van der Waals surface area contributed by atoms with Gasteiger partial charge >= 0.3 is 35.8 Å². The van der Waals surface area contributed by atoms with Gasteiger partial charge in [-0.05, 0) is 0 Å². The molecule has 1 heterocycles.